The van der Waals surface area contributed by atoms with Crippen molar-refractivity contribution in [1.82, 2.24) is 14.9 Å². The smallest absolute Gasteiger partial charge is 0.241 e. The van der Waals surface area contributed by atoms with Crippen LogP contribution < -0.4 is 10.0 Å². The standard InChI is InChI=1S/C17H27N3O3S/c1-20(2)11-5-10-18-17(21)13-19-24(22,23)16-9-8-14-6-3-4-7-15(14)12-16/h8-9,12,19H,3-7,10-11,13H2,1-2H3,(H,18,21). The predicted octanol–water partition coefficient (Wildman–Crippen LogP) is 0.912. The molecule has 7 heteroatoms. The number of nitrogens with zero attached hydrogens (tertiary/aromatic N) is 1. The zero-order chi connectivity index (χ0) is 17.6. The molecule has 0 saturated heterocycles. The summed E-state index contributed by atoms with van der Waals surface area (Å²) >= 11 is 0. The van der Waals surface area contributed by atoms with Crippen LogP contribution in [0.3, 0.4) is 0 Å². The molecule has 24 heavy (non-hydrogen) atoms. The van der Waals surface area contributed by atoms with Gasteiger partial charge in [-0.05, 0) is 76.0 Å². The van der Waals surface area contributed by atoms with Crippen molar-refractivity contribution in [3.8, 4) is 0 Å². The average molecular weight is 353 g/mol. The maximum atomic E-state index is 12.3. The zero-order valence-electron chi connectivity index (χ0n) is 14.5. The number of sulfonamides is 1. The van der Waals surface area contributed by atoms with E-state index < -0.39 is 10.0 Å². The molecule has 0 radical (unpaired) electrons. The van der Waals surface area contributed by atoms with Gasteiger partial charge in [0.25, 0.3) is 0 Å². The highest BCUT2D eigenvalue weighted by Gasteiger charge is 2.18. The minimum absolute atomic E-state index is 0.235. The van der Waals surface area contributed by atoms with Crippen LogP contribution in [-0.2, 0) is 27.7 Å². The molecule has 0 fully saturated rings. The Morgan fingerprint density at radius 3 is 2.58 bits per heavy atom. The molecule has 0 spiro atoms. The van der Waals surface area contributed by atoms with Crippen molar-refractivity contribution in [1.29, 1.82) is 0 Å². The average Bonchev–Trinajstić information content (AvgIpc) is 2.56. The summed E-state index contributed by atoms with van der Waals surface area (Å²) in [5.41, 5.74) is 2.34. The largest absolute Gasteiger partial charge is 0.355 e. The Bertz CT molecular complexity index is 672. The number of aryl methyl sites for hydroxylation is 2. The van der Waals surface area contributed by atoms with Gasteiger partial charge in [-0.1, -0.05) is 6.07 Å². The molecule has 0 heterocycles. The molecular weight excluding hydrogens is 326 g/mol. The molecular formula is C17H27N3O3S. The zero-order valence-corrected chi connectivity index (χ0v) is 15.3. The molecule has 1 aromatic rings. The van der Waals surface area contributed by atoms with Crippen molar-refractivity contribution in [3.05, 3.63) is 29.3 Å². The lowest BCUT2D eigenvalue weighted by Crippen LogP contribution is -2.37. The monoisotopic (exact) mass is 353 g/mol. The number of amides is 1. The first-order chi connectivity index (χ1) is 11.4. The molecule has 2 rings (SSSR count). The fourth-order valence-corrected chi connectivity index (χ4v) is 3.84. The van der Waals surface area contributed by atoms with Gasteiger partial charge in [-0.2, -0.15) is 0 Å². The summed E-state index contributed by atoms with van der Waals surface area (Å²) in [5.74, 6) is -0.310. The number of hydrogen-bond donors (Lipinski definition) is 2. The van der Waals surface area contributed by atoms with Gasteiger partial charge in [0, 0.05) is 6.54 Å². The van der Waals surface area contributed by atoms with E-state index in [0.717, 1.165) is 44.2 Å². The summed E-state index contributed by atoms with van der Waals surface area (Å²) in [6.07, 6.45) is 5.02. The maximum Gasteiger partial charge on any atom is 0.241 e. The van der Waals surface area contributed by atoms with Crippen LogP contribution in [0, 0.1) is 0 Å². The van der Waals surface area contributed by atoms with Crippen LogP contribution in [0.5, 0.6) is 0 Å². The van der Waals surface area contributed by atoms with E-state index in [1.165, 1.54) is 5.56 Å². The number of fused-ring (bicyclic) bond motifs is 1. The molecule has 0 bridgehead atoms. The van der Waals surface area contributed by atoms with Crippen LogP contribution in [-0.4, -0.2) is 53.0 Å². The summed E-state index contributed by atoms with van der Waals surface area (Å²) < 4.78 is 27.1. The van der Waals surface area contributed by atoms with Gasteiger partial charge in [-0.25, -0.2) is 13.1 Å². The third-order valence-corrected chi connectivity index (χ3v) is 5.56. The van der Waals surface area contributed by atoms with Crippen molar-refractivity contribution in [2.45, 2.75) is 37.0 Å². The molecule has 134 valence electrons. The molecule has 1 aromatic carbocycles. The molecule has 1 aliphatic rings. The molecule has 0 aromatic heterocycles. The Labute approximate surface area is 144 Å². The van der Waals surface area contributed by atoms with Crippen molar-refractivity contribution in [2.75, 3.05) is 33.7 Å². The molecule has 0 aliphatic heterocycles. The lowest BCUT2D eigenvalue weighted by molar-refractivity contribution is -0.119. The lowest BCUT2D eigenvalue weighted by atomic mass is 9.92. The van der Waals surface area contributed by atoms with Crippen molar-refractivity contribution in [2.24, 2.45) is 0 Å². The number of benzene rings is 1. The number of rotatable bonds is 8. The van der Waals surface area contributed by atoms with E-state index in [9.17, 15) is 13.2 Å². The van der Waals surface area contributed by atoms with Gasteiger partial charge in [-0.15, -0.1) is 0 Å². The van der Waals surface area contributed by atoms with Gasteiger partial charge in [0.1, 0.15) is 0 Å². The summed E-state index contributed by atoms with van der Waals surface area (Å²) in [6, 6.07) is 5.26. The van der Waals surface area contributed by atoms with Gasteiger partial charge < -0.3 is 10.2 Å². The van der Waals surface area contributed by atoms with Gasteiger partial charge in [0.15, 0.2) is 0 Å². The Balaban J connectivity index is 1.86. The lowest BCUT2D eigenvalue weighted by Gasteiger charge is -2.16. The van der Waals surface area contributed by atoms with Gasteiger partial charge in [-0.3, -0.25) is 4.79 Å². The molecule has 2 N–H and O–H groups in total. The SMILES string of the molecule is CN(C)CCCNC(=O)CNS(=O)(=O)c1ccc2c(c1)CCCC2. The van der Waals surface area contributed by atoms with E-state index in [2.05, 4.69) is 10.0 Å². The topological polar surface area (TPSA) is 78.5 Å². The van der Waals surface area contributed by atoms with Gasteiger partial charge in [0.05, 0.1) is 11.4 Å². The second-order valence-corrected chi connectivity index (χ2v) is 8.24. The fraction of sp³-hybridized carbons (Fsp3) is 0.588. The minimum atomic E-state index is -3.65. The summed E-state index contributed by atoms with van der Waals surface area (Å²) in [6.45, 7) is 1.18. The van der Waals surface area contributed by atoms with Crippen LogP contribution in [0.25, 0.3) is 0 Å². The number of hydrogen-bond acceptors (Lipinski definition) is 4. The fourth-order valence-electron chi connectivity index (χ4n) is 2.81. The Morgan fingerprint density at radius 1 is 1.17 bits per heavy atom. The highest BCUT2D eigenvalue weighted by molar-refractivity contribution is 7.89. The molecule has 6 nitrogen and oxygen atoms in total. The first kappa shape index (κ1) is 18.9. The molecule has 1 aliphatic carbocycles. The first-order valence-corrected chi connectivity index (χ1v) is 9.90. The van der Waals surface area contributed by atoms with E-state index in [0.29, 0.717) is 6.54 Å². The van der Waals surface area contributed by atoms with Crippen LogP contribution in [0.2, 0.25) is 0 Å². The summed E-state index contributed by atoms with van der Waals surface area (Å²) in [7, 11) is 0.282. The van der Waals surface area contributed by atoms with E-state index >= 15 is 0 Å². The maximum absolute atomic E-state index is 12.3. The van der Waals surface area contributed by atoms with Crippen molar-refractivity contribution in [3.63, 3.8) is 0 Å². The minimum Gasteiger partial charge on any atom is -0.355 e. The van der Waals surface area contributed by atoms with Crippen LogP contribution in [0.4, 0.5) is 0 Å². The highest BCUT2D eigenvalue weighted by atomic mass is 32.2. The highest BCUT2D eigenvalue weighted by Crippen LogP contribution is 2.23. The van der Waals surface area contributed by atoms with Crippen molar-refractivity contribution < 1.29 is 13.2 Å². The Hall–Kier alpha value is -1.44. The van der Waals surface area contributed by atoms with E-state index in [1.54, 1.807) is 12.1 Å². The molecule has 0 atom stereocenters. The first-order valence-electron chi connectivity index (χ1n) is 8.41. The normalized spacial score (nSPS) is 14.5. The Morgan fingerprint density at radius 2 is 1.88 bits per heavy atom. The van der Waals surface area contributed by atoms with Gasteiger partial charge >= 0.3 is 0 Å². The van der Waals surface area contributed by atoms with E-state index in [4.69, 9.17) is 0 Å². The number of carbonyl (C=O) groups excluding carboxylic acids is 1. The van der Waals surface area contributed by atoms with Crippen LogP contribution in [0.15, 0.2) is 23.1 Å². The molecule has 1 amide bonds. The number of nitrogens with one attached hydrogen (secondary N) is 2. The van der Waals surface area contributed by atoms with Crippen molar-refractivity contribution >= 4 is 15.9 Å². The third-order valence-electron chi connectivity index (χ3n) is 4.16. The second-order valence-electron chi connectivity index (χ2n) is 6.47. The van der Waals surface area contributed by atoms with Gasteiger partial charge in [0.2, 0.25) is 15.9 Å². The number of carbonyl (C=O) groups is 1. The second kappa shape index (κ2) is 8.60. The summed E-state index contributed by atoms with van der Waals surface area (Å²) in [5, 5.41) is 2.72. The molecule has 0 saturated carbocycles. The predicted molar refractivity (Wildman–Crippen MR) is 94.5 cm³/mol. The van der Waals surface area contributed by atoms with E-state index in [1.807, 2.05) is 25.1 Å². The molecule has 0 unspecified atom stereocenters. The third kappa shape index (κ3) is 5.58. The quantitative estimate of drug-likeness (QED) is 0.681. The van der Waals surface area contributed by atoms with Crippen LogP contribution >= 0.6 is 0 Å². The van der Waals surface area contributed by atoms with E-state index in [-0.39, 0.29) is 17.3 Å². The summed E-state index contributed by atoms with van der Waals surface area (Å²) in [4.78, 5) is 14.0. The van der Waals surface area contributed by atoms with Crippen LogP contribution in [0.1, 0.15) is 30.4 Å². The Kier molecular flexibility index (Phi) is 6.77.